The molecule has 1 N–H and O–H groups in total. The first kappa shape index (κ1) is 13.2. The van der Waals surface area contributed by atoms with Crippen LogP contribution in [-0.2, 0) is 11.2 Å². The molecule has 1 rings (SSSR count). The van der Waals surface area contributed by atoms with Crippen LogP contribution in [0.1, 0.15) is 18.9 Å². The fourth-order valence-corrected chi connectivity index (χ4v) is 1.48. The van der Waals surface area contributed by atoms with Crippen LogP contribution >= 0.6 is 0 Å². The Labute approximate surface area is 100 Å². The average molecular weight is 234 g/mol. The Balaban J connectivity index is 2.41. The number of carbonyl (C=O) groups excluding carboxylic acids is 1. The van der Waals surface area contributed by atoms with Crippen LogP contribution in [0.5, 0.6) is 0 Å². The van der Waals surface area contributed by atoms with E-state index in [4.69, 9.17) is 5.26 Å². The summed E-state index contributed by atoms with van der Waals surface area (Å²) in [6.45, 7) is 2.13. The number of carbonyl (C=O) groups is 1. The fraction of sp³-hybridized carbons (Fsp3) is 0.385. The van der Waals surface area contributed by atoms with E-state index in [1.165, 1.54) is 6.07 Å². The van der Waals surface area contributed by atoms with E-state index in [0.717, 1.165) is 0 Å². The number of amides is 1. The van der Waals surface area contributed by atoms with Crippen molar-refractivity contribution < 1.29 is 9.18 Å². The molecule has 1 unspecified atom stereocenters. The fourth-order valence-electron chi connectivity index (χ4n) is 1.48. The van der Waals surface area contributed by atoms with E-state index in [-0.39, 0.29) is 11.7 Å². The maximum absolute atomic E-state index is 13.2. The summed E-state index contributed by atoms with van der Waals surface area (Å²) in [4.78, 5) is 11.5. The molecule has 0 saturated heterocycles. The van der Waals surface area contributed by atoms with Crippen molar-refractivity contribution in [1.29, 1.82) is 5.26 Å². The lowest BCUT2D eigenvalue weighted by Gasteiger charge is -2.08. The second-order valence-corrected chi connectivity index (χ2v) is 3.72. The van der Waals surface area contributed by atoms with Gasteiger partial charge in [0, 0.05) is 6.54 Å². The third kappa shape index (κ3) is 3.87. The van der Waals surface area contributed by atoms with Gasteiger partial charge in [-0.05, 0) is 24.5 Å². The number of nitrogens with zero attached hydrogens (tertiary/aromatic N) is 1. The topological polar surface area (TPSA) is 52.9 Å². The van der Waals surface area contributed by atoms with E-state index in [1.807, 2.05) is 6.07 Å². The van der Waals surface area contributed by atoms with Crippen molar-refractivity contribution in [2.45, 2.75) is 19.8 Å². The third-order valence-corrected chi connectivity index (χ3v) is 2.53. The lowest BCUT2D eigenvalue weighted by molar-refractivity contribution is -0.123. The number of rotatable bonds is 5. The molecular formula is C13H15FN2O. The van der Waals surface area contributed by atoms with Crippen LogP contribution in [0.2, 0.25) is 0 Å². The van der Waals surface area contributed by atoms with Gasteiger partial charge in [-0.25, -0.2) is 4.39 Å². The van der Waals surface area contributed by atoms with Gasteiger partial charge in [0.15, 0.2) is 0 Å². The molecule has 90 valence electrons. The second-order valence-electron chi connectivity index (χ2n) is 3.72. The third-order valence-electron chi connectivity index (χ3n) is 2.53. The molecule has 0 saturated carbocycles. The highest BCUT2D eigenvalue weighted by Crippen LogP contribution is 2.06. The molecule has 0 aromatic heterocycles. The number of halogens is 1. The van der Waals surface area contributed by atoms with Crippen molar-refractivity contribution in [3.8, 4) is 6.07 Å². The lowest BCUT2D eigenvalue weighted by atomic mass is 10.1. The molecule has 1 atom stereocenters. The molecule has 0 bridgehead atoms. The molecule has 4 heteroatoms. The second kappa shape index (κ2) is 6.64. The number of benzene rings is 1. The molecule has 0 fully saturated rings. The molecule has 1 aromatic rings. The van der Waals surface area contributed by atoms with E-state index in [0.29, 0.717) is 24.9 Å². The van der Waals surface area contributed by atoms with Crippen molar-refractivity contribution in [2.75, 3.05) is 6.54 Å². The number of nitriles is 1. The molecule has 0 heterocycles. The molecule has 0 aliphatic heterocycles. The van der Waals surface area contributed by atoms with Crippen LogP contribution in [0.4, 0.5) is 4.39 Å². The van der Waals surface area contributed by atoms with Crippen LogP contribution in [0, 0.1) is 23.1 Å². The first-order valence-corrected chi connectivity index (χ1v) is 5.59. The van der Waals surface area contributed by atoms with Crippen LogP contribution < -0.4 is 5.32 Å². The van der Waals surface area contributed by atoms with Gasteiger partial charge in [0.1, 0.15) is 11.7 Å². The van der Waals surface area contributed by atoms with Crippen LogP contribution in [0.15, 0.2) is 24.3 Å². The Hall–Kier alpha value is -1.89. The molecule has 17 heavy (non-hydrogen) atoms. The quantitative estimate of drug-likeness (QED) is 0.847. The van der Waals surface area contributed by atoms with Crippen molar-refractivity contribution >= 4 is 5.91 Å². The zero-order valence-corrected chi connectivity index (χ0v) is 9.74. The SMILES string of the molecule is CCC(C#N)C(=O)NCCc1ccccc1F. The van der Waals surface area contributed by atoms with Crippen LogP contribution in [0.3, 0.4) is 0 Å². The first-order chi connectivity index (χ1) is 8.19. The highest BCUT2D eigenvalue weighted by molar-refractivity contribution is 5.80. The van der Waals surface area contributed by atoms with Gasteiger partial charge in [-0.3, -0.25) is 4.79 Å². The average Bonchev–Trinajstić information content (AvgIpc) is 2.33. The summed E-state index contributed by atoms with van der Waals surface area (Å²) in [5.41, 5.74) is 0.567. The van der Waals surface area contributed by atoms with E-state index in [2.05, 4.69) is 5.32 Å². The summed E-state index contributed by atoms with van der Waals surface area (Å²) in [7, 11) is 0. The molecule has 0 aliphatic rings. The largest absolute Gasteiger partial charge is 0.355 e. The standard InChI is InChI=1S/C13H15FN2O/c1-2-10(9-15)13(17)16-8-7-11-5-3-4-6-12(11)14/h3-6,10H,2,7-8H2,1H3,(H,16,17). The molecule has 1 amide bonds. The van der Waals surface area contributed by atoms with E-state index in [1.54, 1.807) is 25.1 Å². The highest BCUT2D eigenvalue weighted by atomic mass is 19.1. The summed E-state index contributed by atoms with van der Waals surface area (Å²) in [5.74, 6) is -1.17. The Morgan fingerprint density at radius 2 is 2.24 bits per heavy atom. The molecule has 3 nitrogen and oxygen atoms in total. The smallest absolute Gasteiger partial charge is 0.237 e. The minimum absolute atomic E-state index is 0.269. The Bertz CT molecular complexity index is 426. The zero-order valence-electron chi connectivity index (χ0n) is 9.74. The molecular weight excluding hydrogens is 219 g/mol. The Morgan fingerprint density at radius 3 is 2.82 bits per heavy atom. The van der Waals surface area contributed by atoms with Gasteiger partial charge in [0.2, 0.25) is 5.91 Å². The van der Waals surface area contributed by atoms with E-state index >= 15 is 0 Å². The zero-order chi connectivity index (χ0) is 12.7. The monoisotopic (exact) mass is 234 g/mol. The van der Waals surface area contributed by atoms with Crippen molar-refractivity contribution in [2.24, 2.45) is 5.92 Å². The van der Waals surface area contributed by atoms with Crippen molar-refractivity contribution in [1.82, 2.24) is 5.32 Å². The maximum Gasteiger partial charge on any atom is 0.237 e. The van der Waals surface area contributed by atoms with Gasteiger partial charge < -0.3 is 5.32 Å². The van der Waals surface area contributed by atoms with Crippen LogP contribution in [-0.4, -0.2) is 12.5 Å². The predicted octanol–water partition coefficient (Wildman–Crippen LogP) is 2.03. The summed E-state index contributed by atoms with van der Waals surface area (Å²) in [5, 5.41) is 11.3. The van der Waals surface area contributed by atoms with Gasteiger partial charge in [-0.2, -0.15) is 5.26 Å². The summed E-state index contributed by atoms with van der Waals surface area (Å²) < 4.78 is 13.2. The number of hydrogen-bond acceptors (Lipinski definition) is 2. The van der Waals surface area contributed by atoms with Gasteiger partial charge in [0.25, 0.3) is 0 Å². The Morgan fingerprint density at radius 1 is 1.53 bits per heavy atom. The van der Waals surface area contributed by atoms with Gasteiger partial charge in [-0.15, -0.1) is 0 Å². The van der Waals surface area contributed by atoms with Gasteiger partial charge >= 0.3 is 0 Å². The number of hydrogen-bond donors (Lipinski definition) is 1. The lowest BCUT2D eigenvalue weighted by Crippen LogP contribution is -2.31. The normalized spacial score (nSPS) is 11.6. The van der Waals surface area contributed by atoms with E-state index in [9.17, 15) is 9.18 Å². The van der Waals surface area contributed by atoms with Gasteiger partial charge in [0.05, 0.1) is 6.07 Å². The summed E-state index contributed by atoms with van der Waals surface area (Å²) in [6.07, 6.45) is 0.919. The van der Waals surface area contributed by atoms with Crippen LogP contribution in [0.25, 0.3) is 0 Å². The predicted molar refractivity (Wildman–Crippen MR) is 62.5 cm³/mol. The molecule has 1 aromatic carbocycles. The highest BCUT2D eigenvalue weighted by Gasteiger charge is 2.14. The maximum atomic E-state index is 13.2. The molecule has 0 spiro atoms. The summed E-state index contributed by atoms with van der Waals surface area (Å²) in [6, 6.07) is 8.38. The number of nitrogens with one attached hydrogen (secondary N) is 1. The first-order valence-electron chi connectivity index (χ1n) is 5.59. The van der Waals surface area contributed by atoms with E-state index < -0.39 is 5.92 Å². The van der Waals surface area contributed by atoms with Crippen molar-refractivity contribution in [3.63, 3.8) is 0 Å². The minimum Gasteiger partial charge on any atom is -0.355 e. The minimum atomic E-state index is -0.615. The molecule has 0 aliphatic carbocycles. The molecule has 0 radical (unpaired) electrons. The Kier molecular flexibility index (Phi) is 5.15. The summed E-state index contributed by atoms with van der Waals surface area (Å²) >= 11 is 0. The van der Waals surface area contributed by atoms with Crippen molar-refractivity contribution in [3.05, 3.63) is 35.6 Å². The van der Waals surface area contributed by atoms with Gasteiger partial charge in [-0.1, -0.05) is 25.1 Å².